The third kappa shape index (κ3) is 6.07. The molecule has 5 nitrogen and oxygen atoms in total. The van der Waals surface area contributed by atoms with Crippen molar-refractivity contribution < 1.29 is 23.8 Å². The zero-order valence-corrected chi connectivity index (χ0v) is 17.8. The normalized spacial score (nSPS) is 16.5. The van der Waals surface area contributed by atoms with Crippen LogP contribution in [-0.4, -0.2) is 18.2 Å². The number of cyclic esters (lactones) is 1. The molecule has 0 radical (unpaired) electrons. The first kappa shape index (κ1) is 22.3. The minimum atomic E-state index is -0.633. The van der Waals surface area contributed by atoms with E-state index in [0.717, 1.165) is 42.0 Å². The van der Waals surface area contributed by atoms with Gasteiger partial charge in [-0.1, -0.05) is 69.3 Å². The molecule has 0 amide bonds. The Hall–Kier alpha value is -3.34. The van der Waals surface area contributed by atoms with Crippen LogP contribution in [0.25, 0.3) is 11.1 Å². The number of carbonyl (C=O) groups excluding carboxylic acids is 2. The zero-order chi connectivity index (χ0) is 22.2. The Morgan fingerprint density at radius 2 is 1.77 bits per heavy atom. The number of esters is 2. The smallest absolute Gasteiger partial charge is 0.334 e. The Labute approximate surface area is 183 Å². The molecule has 5 heteroatoms. The van der Waals surface area contributed by atoms with E-state index in [1.54, 1.807) is 0 Å². The number of hydrogen-bond acceptors (Lipinski definition) is 5. The van der Waals surface area contributed by atoms with Crippen LogP contribution in [0.4, 0.5) is 0 Å². The second-order valence-electron chi connectivity index (χ2n) is 7.53. The van der Waals surface area contributed by atoms with E-state index >= 15 is 0 Å². The number of hydrogen-bond donors (Lipinski definition) is 0. The summed E-state index contributed by atoms with van der Waals surface area (Å²) in [5.74, 6) is -0.179. The van der Waals surface area contributed by atoms with E-state index in [1.807, 2.05) is 48.5 Å². The zero-order valence-electron chi connectivity index (χ0n) is 17.8. The predicted molar refractivity (Wildman–Crippen MR) is 119 cm³/mol. The van der Waals surface area contributed by atoms with Gasteiger partial charge in [-0.15, -0.1) is 0 Å². The number of carbonyl (C=O) groups is 2. The van der Waals surface area contributed by atoms with Gasteiger partial charge in [-0.3, -0.25) is 0 Å². The second-order valence-corrected chi connectivity index (χ2v) is 7.53. The molecule has 1 aliphatic heterocycles. The Morgan fingerprint density at radius 3 is 2.32 bits per heavy atom. The molecule has 0 spiro atoms. The molecule has 2 unspecified atom stereocenters. The number of ether oxygens (including phenoxy) is 3. The number of benzene rings is 2. The fourth-order valence-corrected chi connectivity index (χ4v) is 3.40. The van der Waals surface area contributed by atoms with Gasteiger partial charge in [0.1, 0.15) is 11.9 Å². The summed E-state index contributed by atoms with van der Waals surface area (Å²) in [5.41, 5.74) is 3.53. The lowest BCUT2D eigenvalue weighted by Gasteiger charge is -2.19. The molecule has 1 heterocycles. The average molecular weight is 421 g/mol. The maximum atomic E-state index is 11.6. The van der Waals surface area contributed by atoms with Crippen molar-refractivity contribution in [3.63, 3.8) is 0 Å². The first-order chi connectivity index (χ1) is 15.0. The summed E-state index contributed by atoms with van der Waals surface area (Å²) in [6, 6.07) is 15.6. The van der Waals surface area contributed by atoms with Gasteiger partial charge < -0.3 is 14.2 Å². The summed E-state index contributed by atoms with van der Waals surface area (Å²) in [6.07, 6.45) is 4.46. The topological polar surface area (TPSA) is 61.8 Å². The molecule has 0 bridgehead atoms. The molecule has 0 saturated carbocycles. The Balaban J connectivity index is 1.64. The van der Waals surface area contributed by atoms with Crippen LogP contribution < -0.4 is 4.74 Å². The van der Waals surface area contributed by atoms with Gasteiger partial charge in [0, 0.05) is 24.5 Å². The first-order valence-corrected chi connectivity index (χ1v) is 10.6. The van der Waals surface area contributed by atoms with Crippen LogP contribution in [0, 0.1) is 0 Å². The van der Waals surface area contributed by atoms with E-state index in [4.69, 9.17) is 14.2 Å². The Kier molecular flexibility index (Phi) is 7.65. The molecule has 0 aromatic heterocycles. The van der Waals surface area contributed by atoms with Crippen molar-refractivity contribution in [1.82, 2.24) is 0 Å². The van der Waals surface area contributed by atoms with Crippen molar-refractivity contribution in [2.45, 2.75) is 51.4 Å². The van der Waals surface area contributed by atoms with Gasteiger partial charge in [0.15, 0.2) is 0 Å². The quantitative estimate of drug-likeness (QED) is 0.207. The highest BCUT2D eigenvalue weighted by atomic mass is 16.7. The summed E-state index contributed by atoms with van der Waals surface area (Å²) in [6.45, 7) is 9.29. The van der Waals surface area contributed by atoms with Crippen molar-refractivity contribution in [2.24, 2.45) is 0 Å². The van der Waals surface area contributed by atoms with Crippen LogP contribution in [0.15, 0.2) is 73.3 Å². The average Bonchev–Trinajstić information content (AvgIpc) is 3.12. The summed E-state index contributed by atoms with van der Waals surface area (Å²) >= 11 is 0. The molecule has 2 atom stereocenters. The summed E-state index contributed by atoms with van der Waals surface area (Å²) in [5, 5.41) is 0. The van der Waals surface area contributed by atoms with Gasteiger partial charge in [0.2, 0.25) is 6.29 Å². The molecular weight excluding hydrogens is 392 g/mol. The maximum Gasteiger partial charge on any atom is 0.334 e. The van der Waals surface area contributed by atoms with E-state index < -0.39 is 12.3 Å². The van der Waals surface area contributed by atoms with E-state index in [9.17, 15) is 9.59 Å². The number of unbranched alkanes of at least 4 members (excludes halogenated alkanes) is 2. The van der Waals surface area contributed by atoms with Gasteiger partial charge in [0.05, 0.1) is 0 Å². The second kappa shape index (κ2) is 10.6. The molecule has 0 aliphatic carbocycles. The van der Waals surface area contributed by atoms with Crippen molar-refractivity contribution >= 4 is 11.9 Å². The van der Waals surface area contributed by atoms with Gasteiger partial charge in [-0.25, -0.2) is 9.59 Å². The van der Waals surface area contributed by atoms with Crippen LogP contribution in [0.1, 0.15) is 50.7 Å². The van der Waals surface area contributed by atoms with Crippen molar-refractivity contribution in [1.29, 1.82) is 0 Å². The fourth-order valence-electron chi connectivity index (χ4n) is 3.40. The summed E-state index contributed by atoms with van der Waals surface area (Å²) < 4.78 is 16.5. The monoisotopic (exact) mass is 420 g/mol. The molecule has 3 rings (SSSR count). The lowest BCUT2D eigenvalue weighted by molar-refractivity contribution is -0.158. The highest BCUT2D eigenvalue weighted by molar-refractivity contribution is 5.90. The number of rotatable bonds is 10. The highest BCUT2D eigenvalue weighted by Crippen LogP contribution is 2.33. The molecule has 2 aromatic carbocycles. The largest absolute Gasteiger partial charge is 0.455 e. The van der Waals surface area contributed by atoms with Gasteiger partial charge in [0.25, 0.3) is 0 Å². The Bertz CT molecular complexity index is 911. The summed E-state index contributed by atoms with van der Waals surface area (Å²) in [4.78, 5) is 23.1. The minimum Gasteiger partial charge on any atom is -0.455 e. The van der Waals surface area contributed by atoms with Gasteiger partial charge in [-0.05, 0) is 35.2 Å². The van der Waals surface area contributed by atoms with Crippen molar-refractivity contribution in [3.8, 4) is 16.9 Å². The lowest BCUT2D eigenvalue weighted by atomic mass is 10.00. The molecule has 1 fully saturated rings. The lowest BCUT2D eigenvalue weighted by Crippen LogP contribution is -2.23. The molecule has 1 saturated heterocycles. The van der Waals surface area contributed by atoms with Crippen LogP contribution in [0.3, 0.4) is 0 Å². The fraction of sp³-hybridized carbons (Fsp3) is 0.308. The third-order valence-corrected chi connectivity index (χ3v) is 5.17. The van der Waals surface area contributed by atoms with E-state index in [0.29, 0.717) is 24.2 Å². The SMILES string of the molecule is C=CC(=O)OC(CCCCC)Oc1ccc(-c2ccc(C3CC(=C)C(=O)O3)cc2)cc1. The Morgan fingerprint density at radius 1 is 1.13 bits per heavy atom. The standard InChI is InChI=1S/C26H28O5/c1-4-6-7-8-25(31-24(27)5-2)29-22-15-13-20(14-16-22)19-9-11-21(12-10-19)23-17-18(3)26(28)30-23/h5,9-16,23,25H,2-4,6-8,17H2,1H3. The third-order valence-electron chi connectivity index (χ3n) is 5.17. The van der Waals surface area contributed by atoms with Gasteiger partial charge in [-0.2, -0.15) is 0 Å². The van der Waals surface area contributed by atoms with Crippen LogP contribution >= 0.6 is 0 Å². The van der Waals surface area contributed by atoms with Crippen LogP contribution in [-0.2, 0) is 19.1 Å². The maximum absolute atomic E-state index is 11.6. The van der Waals surface area contributed by atoms with Crippen LogP contribution in [0.2, 0.25) is 0 Å². The summed E-state index contributed by atoms with van der Waals surface area (Å²) in [7, 11) is 0. The van der Waals surface area contributed by atoms with Crippen molar-refractivity contribution in [3.05, 3.63) is 78.9 Å². The predicted octanol–water partition coefficient (Wildman–Crippen LogP) is 5.91. The van der Waals surface area contributed by atoms with E-state index in [-0.39, 0.29) is 12.1 Å². The molecule has 162 valence electrons. The van der Waals surface area contributed by atoms with E-state index in [2.05, 4.69) is 20.1 Å². The van der Waals surface area contributed by atoms with Gasteiger partial charge >= 0.3 is 11.9 Å². The first-order valence-electron chi connectivity index (χ1n) is 10.6. The molecule has 31 heavy (non-hydrogen) atoms. The van der Waals surface area contributed by atoms with Crippen LogP contribution in [0.5, 0.6) is 5.75 Å². The van der Waals surface area contributed by atoms with E-state index in [1.165, 1.54) is 0 Å². The molecule has 1 aliphatic rings. The highest BCUT2D eigenvalue weighted by Gasteiger charge is 2.28. The van der Waals surface area contributed by atoms with Crippen molar-refractivity contribution in [2.75, 3.05) is 0 Å². The molecule has 0 N–H and O–H groups in total. The molecule has 2 aromatic rings. The molecular formula is C26H28O5. The minimum absolute atomic E-state index is 0.257.